The Hall–Kier alpha value is -1.55. The van der Waals surface area contributed by atoms with Crippen LogP contribution in [0.1, 0.15) is 69.4 Å². The van der Waals surface area contributed by atoms with E-state index in [4.69, 9.17) is 4.74 Å². The highest BCUT2D eigenvalue weighted by Gasteiger charge is 2.60. The Balaban J connectivity index is 1.62. The summed E-state index contributed by atoms with van der Waals surface area (Å²) in [6, 6.07) is 5.76. The number of phenols is 1. The van der Waals surface area contributed by atoms with Gasteiger partial charge in [-0.25, -0.2) is 0 Å². The van der Waals surface area contributed by atoms with Crippen LogP contribution in [0, 0.1) is 23.2 Å². The third-order valence-electron chi connectivity index (χ3n) is 7.72. The minimum Gasteiger partial charge on any atom is -0.508 e. The highest BCUT2D eigenvalue weighted by atomic mass is 16.5. The number of hydrogen-bond acceptors (Lipinski definition) is 4. The average molecular weight is 373 g/mol. The van der Waals surface area contributed by atoms with Gasteiger partial charge < -0.3 is 14.9 Å². The van der Waals surface area contributed by atoms with Gasteiger partial charge in [-0.05, 0) is 85.0 Å². The van der Waals surface area contributed by atoms with Crippen molar-refractivity contribution >= 4 is 5.97 Å². The molecule has 4 rings (SSSR count). The van der Waals surface area contributed by atoms with Crippen molar-refractivity contribution in [1.29, 1.82) is 0 Å². The van der Waals surface area contributed by atoms with E-state index in [9.17, 15) is 15.0 Å². The number of fused-ring (bicyclic) bond motifs is 5. The molecule has 0 radical (unpaired) electrons. The lowest BCUT2D eigenvalue weighted by molar-refractivity contribution is -0.152. The second-order valence-electron chi connectivity index (χ2n) is 9.14. The number of phenolic OH excluding ortho intramolecular Hbond substituents is 1. The molecule has 0 aliphatic heterocycles. The van der Waals surface area contributed by atoms with Crippen LogP contribution >= 0.6 is 0 Å². The number of carbonyl (C=O) groups excluding carboxylic acids is 1. The van der Waals surface area contributed by atoms with Gasteiger partial charge in [0.25, 0.3) is 0 Å². The molecule has 0 saturated heterocycles. The summed E-state index contributed by atoms with van der Waals surface area (Å²) in [6.07, 6.45) is 5.97. The molecule has 0 amide bonds. The fourth-order valence-corrected chi connectivity index (χ4v) is 6.32. The molecule has 27 heavy (non-hydrogen) atoms. The van der Waals surface area contributed by atoms with Crippen molar-refractivity contribution in [1.82, 2.24) is 0 Å². The SMILES string of the molecule is CCCCOC(=O)[C@H]1C[C@H](O)[C@@]2(C)CCC3c4ccc(O)cc4CCC3C12. The number of carbonyl (C=O) groups is 1. The number of hydrogen-bond donors (Lipinski definition) is 2. The molecule has 2 fully saturated rings. The molecule has 2 N–H and O–H groups in total. The number of benzene rings is 1. The van der Waals surface area contributed by atoms with Gasteiger partial charge in [-0.1, -0.05) is 26.3 Å². The largest absolute Gasteiger partial charge is 0.508 e. The highest BCUT2D eigenvalue weighted by molar-refractivity contribution is 5.74. The Morgan fingerprint density at radius 3 is 2.93 bits per heavy atom. The molecule has 3 unspecified atom stereocenters. The van der Waals surface area contributed by atoms with E-state index in [0.717, 1.165) is 38.5 Å². The van der Waals surface area contributed by atoms with Gasteiger partial charge >= 0.3 is 5.97 Å². The van der Waals surface area contributed by atoms with Gasteiger partial charge in [0, 0.05) is 0 Å². The minimum atomic E-state index is -0.423. The van der Waals surface area contributed by atoms with Crippen molar-refractivity contribution in [3.63, 3.8) is 0 Å². The maximum Gasteiger partial charge on any atom is 0.309 e. The molecular formula is C23H32O4. The Kier molecular flexibility index (Phi) is 4.96. The lowest BCUT2D eigenvalue weighted by atomic mass is 9.54. The second kappa shape index (κ2) is 7.12. The lowest BCUT2D eigenvalue weighted by Crippen LogP contribution is -2.46. The van der Waals surface area contributed by atoms with E-state index in [0.29, 0.717) is 30.6 Å². The second-order valence-corrected chi connectivity index (χ2v) is 9.14. The van der Waals surface area contributed by atoms with Crippen LogP contribution in [0.4, 0.5) is 0 Å². The molecule has 6 atom stereocenters. The minimum absolute atomic E-state index is 0.103. The topological polar surface area (TPSA) is 66.8 Å². The smallest absolute Gasteiger partial charge is 0.309 e. The van der Waals surface area contributed by atoms with Crippen LogP contribution in [-0.4, -0.2) is 28.9 Å². The molecule has 0 heterocycles. The van der Waals surface area contributed by atoms with E-state index < -0.39 is 6.10 Å². The summed E-state index contributed by atoms with van der Waals surface area (Å²) in [4.78, 5) is 12.9. The van der Waals surface area contributed by atoms with Crippen LogP contribution in [0.25, 0.3) is 0 Å². The summed E-state index contributed by atoms with van der Waals surface area (Å²) in [5.41, 5.74) is 2.40. The van der Waals surface area contributed by atoms with Crippen LogP contribution in [-0.2, 0) is 16.0 Å². The van der Waals surface area contributed by atoms with E-state index in [2.05, 4.69) is 19.9 Å². The zero-order valence-corrected chi connectivity index (χ0v) is 16.5. The van der Waals surface area contributed by atoms with Gasteiger partial charge in [-0.2, -0.15) is 0 Å². The number of aliphatic hydroxyl groups excluding tert-OH is 1. The van der Waals surface area contributed by atoms with Gasteiger partial charge in [0.2, 0.25) is 0 Å². The molecular weight excluding hydrogens is 340 g/mol. The van der Waals surface area contributed by atoms with E-state index in [-0.39, 0.29) is 23.2 Å². The van der Waals surface area contributed by atoms with Gasteiger partial charge in [0.15, 0.2) is 0 Å². The predicted octanol–water partition coefficient (Wildman–Crippen LogP) is 4.18. The first kappa shape index (κ1) is 18.8. The summed E-state index contributed by atoms with van der Waals surface area (Å²) in [7, 11) is 0. The Labute approximate surface area is 161 Å². The fraction of sp³-hybridized carbons (Fsp3) is 0.696. The van der Waals surface area contributed by atoms with E-state index in [1.54, 1.807) is 6.07 Å². The molecule has 0 spiro atoms. The summed E-state index contributed by atoms with van der Waals surface area (Å²) in [5.74, 6) is 1.05. The lowest BCUT2D eigenvalue weighted by Gasteiger charge is -2.51. The van der Waals surface area contributed by atoms with Crippen molar-refractivity contribution in [3.05, 3.63) is 29.3 Å². The number of esters is 1. The van der Waals surface area contributed by atoms with Crippen molar-refractivity contribution in [2.75, 3.05) is 6.61 Å². The van der Waals surface area contributed by atoms with Crippen LogP contribution in [0.3, 0.4) is 0 Å². The summed E-state index contributed by atoms with van der Waals surface area (Å²) in [5, 5.41) is 20.7. The van der Waals surface area contributed by atoms with Crippen molar-refractivity contribution in [2.24, 2.45) is 23.2 Å². The van der Waals surface area contributed by atoms with Crippen LogP contribution < -0.4 is 0 Å². The van der Waals surface area contributed by atoms with E-state index >= 15 is 0 Å². The fourth-order valence-electron chi connectivity index (χ4n) is 6.32. The zero-order valence-electron chi connectivity index (χ0n) is 16.5. The first-order valence-electron chi connectivity index (χ1n) is 10.6. The molecule has 0 bridgehead atoms. The summed E-state index contributed by atoms with van der Waals surface area (Å²) >= 11 is 0. The molecule has 4 heteroatoms. The predicted molar refractivity (Wildman–Crippen MR) is 103 cm³/mol. The summed E-state index contributed by atoms with van der Waals surface area (Å²) < 4.78 is 5.59. The number of unbranched alkanes of at least 4 members (excludes halogenated alkanes) is 1. The maximum absolute atomic E-state index is 12.9. The number of rotatable bonds is 4. The number of aliphatic hydroxyl groups is 1. The Morgan fingerprint density at radius 1 is 1.33 bits per heavy atom. The zero-order chi connectivity index (χ0) is 19.2. The van der Waals surface area contributed by atoms with Gasteiger partial charge in [0.05, 0.1) is 18.6 Å². The first-order chi connectivity index (χ1) is 13.0. The maximum atomic E-state index is 12.9. The molecule has 1 aromatic rings. The van der Waals surface area contributed by atoms with Gasteiger partial charge in [-0.3, -0.25) is 4.79 Å². The van der Waals surface area contributed by atoms with E-state index in [1.807, 2.05) is 6.07 Å². The summed E-state index contributed by atoms with van der Waals surface area (Å²) in [6.45, 7) is 4.76. The van der Waals surface area contributed by atoms with Crippen LogP contribution in [0.5, 0.6) is 5.75 Å². The van der Waals surface area contributed by atoms with Crippen molar-refractivity contribution in [2.45, 2.75) is 70.8 Å². The number of ether oxygens (including phenoxy) is 1. The Bertz CT molecular complexity index is 714. The van der Waals surface area contributed by atoms with Gasteiger partial charge in [-0.15, -0.1) is 0 Å². The van der Waals surface area contributed by atoms with Gasteiger partial charge in [0.1, 0.15) is 5.75 Å². The molecule has 148 valence electrons. The molecule has 1 aromatic carbocycles. The number of aromatic hydroxyl groups is 1. The van der Waals surface area contributed by atoms with Crippen molar-refractivity contribution in [3.8, 4) is 5.75 Å². The van der Waals surface area contributed by atoms with Crippen LogP contribution in [0.15, 0.2) is 18.2 Å². The number of aryl methyl sites for hydroxylation is 1. The molecule has 3 aliphatic carbocycles. The van der Waals surface area contributed by atoms with Crippen molar-refractivity contribution < 1.29 is 19.7 Å². The average Bonchev–Trinajstić information content (AvgIpc) is 2.93. The molecule has 0 aromatic heterocycles. The molecule has 2 saturated carbocycles. The highest BCUT2D eigenvalue weighted by Crippen LogP contribution is 2.63. The molecule has 4 nitrogen and oxygen atoms in total. The van der Waals surface area contributed by atoms with Crippen LogP contribution in [0.2, 0.25) is 0 Å². The quantitative estimate of drug-likeness (QED) is 0.615. The Morgan fingerprint density at radius 2 is 2.15 bits per heavy atom. The first-order valence-corrected chi connectivity index (χ1v) is 10.6. The third kappa shape index (κ3) is 3.06. The normalized spacial score (nSPS) is 37.2. The molecule has 3 aliphatic rings. The monoisotopic (exact) mass is 372 g/mol. The van der Waals surface area contributed by atoms with E-state index in [1.165, 1.54) is 11.1 Å². The third-order valence-corrected chi connectivity index (χ3v) is 7.72. The standard InChI is InChI=1S/C23H32O4/c1-3-4-11-27-22(26)19-13-20(25)23(2)10-9-17-16-8-6-15(24)12-14(16)5-7-18(17)21(19)23/h6,8,12,17-21,24-25H,3-5,7,9-11,13H2,1-2H3/t17?,18?,19-,20-,21?,23+/m0/s1.